The summed E-state index contributed by atoms with van der Waals surface area (Å²) in [6.45, 7) is 0. The Balaban J connectivity index is 1.11. The molecule has 0 amide bonds. The van der Waals surface area contributed by atoms with Crippen LogP contribution in [-0.2, 0) is 0 Å². The van der Waals surface area contributed by atoms with Crippen molar-refractivity contribution in [1.29, 1.82) is 0 Å². The molecule has 6 aromatic carbocycles. The molecule has 2 aliphatic rings. The average Bonchev–Trinajstić information content (AvgIpc) is 3.46. The quantitative estimate of drug-likeness (QED) is 0.128. The first kappa shape index (κ1) is 23.1. The Morgan fingerprint density at radius 1 is 0.487 bits per heavy atom. The number of nitrogens with zero attached hydrogens (tertiary/aromatic N) is 1. The van der Waals surface area contributed by atoms with Gasteiger partial charge in [-0.05, 0) is 72.9 Å². The first-order valence-electron chi connectivity index (χ1n) is 13.3. The number of benzene rings is 6. The molecule has 0 saturated carbocycles. The lowest BCUT2D eigenvalue weighted by atomic mass is 9.88. The summed E-state index contributed by atoms with van der Waals surface area (Å²) in [5, 5.41) is 8.31. The van der Waals surface area contributed by atoms with E-state index >= 15 is 0 Å². The van der Waals surface area contributed by atoms with Crippen molar-refractivity contribution in [2.45, 2.75) is 0 Å². The van der Waals surface area contributed by atoms with Crippen LogP contribution in [0.25, 0.3) is 54.6 Å². The molecule has 0 radical (unpaired) electrons. The van der Waals surface area contributed by atoms with E-state index in [1.807, 2.05) is 23.3 Å². The van der Waals surface area contributed by atoms with Gasteiger partial charge in [-0.1, -0.05) is 139 Å². The standard InChI is InChI=1S/C34H23B2NS2/c1-2-9-31-29(7-1)30-8-3-4-10-32(30)34-23-27(17-20-33(31)34)26-13-11-24(12-14-26)25-15-18-28(19-16-25)36-38-35-21-5-6-22-37(35)39-36/h1-23H. The number of allylic oxidation sites excluding steroid dienone is 2. The summed E-state index contributed by atoms with van der Waals surface area (Å²) >= 11 is 3.91. The molecule has 8 rings (SSSR count). The number of hydrogen-bond acceptors (Lipinski definition) is 3. The smallest absolute Gasteiger partial charge is 0.350 e. The summed E-state index contributed by atoms with van der Waals surface area (Å²) in [5.74, 6) is 2.27. The van der Waals surface area contributed by atoms with Crippen LogP contribution in [0, 0.1) is 0 Å². The van der Waals surface area contributed by atoms with E-state index in [9.17, 15) is 0 Å². The zero-order chi connectivity index (χ0) is 25.8. The molecular weight excluding hydrogens is 508 g/mol. The molecule has 0 aromatic heterocycles. The van der Waals surface area contributed by atoms with E-state index in [-0.39, 0.29) is 0 Å². The molecule has 6 aromatic rings. The molecule has 1 nitrogen and oxygen atoms in total. The van der Waals surface area contributed by atoms with Crippen LogP contribution in [0.2, 0.25) is 0 Å². The summed E-state index contributed by atoms with van der Waals surface area (Å²) in [5.41, 5.74) is 6.37. The molecule has 1 fully saturated rings. The third kappa shape index (κ3) is 4.00. The lowest BCUT2D eigenvalue weighted by molar-refractivity contribution is 0.997. The van der Waals surface area contributed by atoms with Gasteiger partial charge in [-0.3, -0.25) is 0 Å². The van der Waals surface area contributed by atoms with Crippen LogP contribution in [0.1, 0.15) is 0 Å². The Morgan fingerprint density at radius 2 is 1.00 bits per heavy atom. The van der Waals surface area contributed by atoms with Crippen molar-refractivity contribution in [1.82, 2.24) is 4.22 Å². The molecule has 182 valence electrons. The maximum absolute atomic E-state index is 2.36. The highest BCUT2D eigenvalue weighted by atomic mass is 32.2. The molecule has 5 heteroatoms. The number of hydrogen-bond donors (Lipinski definition) is 0. The van der Waals surface area contributed by atoms with Crippen molar-refractivity contribution < 1.29 is 0 Å². The van der Waals surface area contributed by atoms with E-state index in [2.05, 4.69) is 144 Å². The minimum absolute atomic E-state index is 0.430. The Bertz CT molecular complexity index is 1880. The normalized spacial score (nSPS) is 14.6. The van der Waals surface area contributed by atoms with Crippen molar-refractivity contribution in [3.63, 3.8) is 0 Å². The van der Waals surface area contributed by atoms with E-state index in [0.29, 0.717) is 11.4 Å². The minimum atomic E-state index is 0.430. The molecule has 2 aliphatic heterocycles. The van der Waals surface area contributed by atoms with Gasteiger partial charge in [-0.2, -0.15) is 0 Å². The van der Waals surface area contributed by atoms with Gasteiger partial charge in [0, 0.05) is 0 Å². The maximum atomic E-state index is 2.36. The van der Waals surface area contributed by atoms with E-state index in [4.69, 9.17) is 0 Å². The second kappa shape index (κ2) is 9.44. The van der Waals surface area contributed by atoms with Crippen molar-refractivity contribution in [3.05, 3.63) is 140 Å². The average molecular weight is 531 g/mol. The van der Waals surface area contributed by atoms with Gasteiger partial charge in [0.25, 0.3) is 0 Å². The van der Waals surface area contributed by atoms with E-state index in [0.717, 1.165) is 0 Å². The summed E-state index contributed by atoms with van der Waals surface area (Å²) in [6, 6.07) is 42.6. The van der Waals surface area contributed by atoms with Gasteiger partial charge in [0.05, 0.1) is 0 Å². The maximum Gasteiger partial charge on any atom is 0.350 e. The van der Waals surface area contributed by atoms with Crippen LogP contribution in [0.15, 0.2) is 140 Å². The fourth-order valence-electron chi connectivity index (χ4n) is 5.84. The molecule has 0 bridgehead atoms. The summed E-state index contributed by atoms with van der Waals surface area (Å²) in [6.07, 6.45) is 6.87. The second-order valence-corrected chi connectivity index (χ2v) is 12.7. The zero-order valence-electron chi connectivity index (χ0n) is 21.2. The van der Waals surface area contributed by atoms with Gasteiger partial charge in [-0.15, -0.1) is 0 Å². The highest BCUT2D eigenvalue weighted by Crippen LogP contribution is 2.39. The Labute approximate surface area is 237 Å². The van der Waals surface area contributed by atoms with Crippen LogP contribution in [0.5, 0.6) is 0 Å². The highest BCUT2D eigenvalue weighted by Gasteiger charge is 2.38. The largest absolute Gasteiger partial charge is 0.360 e. The van der Waals surface area contributed by atoms with Gasteiger partial charge in [0.1, 0.15) is 0 Å². The zero-order valence-corrected chi connectivity index (χ0v) is 22.8. The third-order valence-electron chi connectivity index (χ3n) is 7.83. The van der Waals surface area contributed by atoms with Crippen molar-refractivity contribution in [2.75, 3.05) is 0 Å². The van der Waals surface area contributed by atoms with Crippen molar-refractivity contribution in [3.8, 4) is 22.3 Å². The van der Waals surface area contributed by atoms with Crippen LogP contribution in [0.3, 0.4) is 0 Å². The van der Waals surface area contributed by atoms with Gasteiger partial charge >= 0.3 is 11.4 Å². The fraction of sp³-hybridized carbons (Fsp3) is 0. The van der Waals surface area contributed by atoms with Crippen molar-refractivity contribution >= 4 is 72.4 Å². The monoisotopic (exact) mass is 531 g/mol. The van der Waals surface area contributed by atoms with Crippen LogP contribution in [-0.4, -0.2) is 15.6 Å². The van der Waals surface area contributed by atoms with E-state index < -0.39 is 0 Å². The van der Waals surface area contributed by atoms with Gasteiger partial charge < -0.3 is 4.22 Å². The minimum Gasteiger partial charge on any atom is -0.360 e. The molecule has 1 saturated heterocycles. The number of rotatable bonds is 3. The molecular formula is C34H23B2NS2. The molecule has 0 N–H and O–H groups in total. The third-order valence-corrected chi connectivity index (χ3v) is 10.8. The summed E-state index contributed by atoms with van der Waals surface area (Å²) in [4.78, 5) is 0. The molecule has 0 spiro atoms. The second-order valence-electron chi connectivity index (χ2n) is 10.1. The first-order chi connectivity index (χ1) is 19.3. The SMILES string of the molecule is C1=CB2SB(c3ccc(-c4ccc(-c5ccc6c7ccccc7c7ccccc7c6c5)cc4)cc3)SN2C=C1. The predicted octanol–water partition coefficient (Wildman–Crippen LogP) is 8.98. The van der Waals surface area contributed by atoms with Crippen LogP contribution in [0.4, 0.5) is 0 Å². The lowest BCUT2D eigenvalue weighted by Crippen LogP contribution is -2.21. The van der Waals surface area contributed by atoms with Crippen molar-refractivity contribution in [2.24, 2.45) is 0 Å². The van der Waals surface area contributed by atoms with Gasteiger partial charge in [-0.25, -0.2) is 11.5 Å². The predicted molar refractivity (Wildman–Crippen MR) is 176 cm³/mol. The molecule has 0 aliphatic carbocycles. The molecule has 0 unspecified atom stereocenters. The molecule has 0 atom stereocenters. The fourth-order valence-corrected chi connectivity index (χ4v) is 8.75. The van der Waals surface area contributed by atoms with E-state index in [1.165, 1.54) is 60.0 Å². The Kier molecular flexibility index (Phi) is 5.60. The Hall–Kier alpha value is -3.79. The van der Waals surface area contributed by atoms with Gasteiger partial charge in [0.15, 0.2) is 0 Å². The summed E-state index contributed by atoms with van der Waals surface area (Å²) in [7, 11) is 0. The molecule has 2 heterocycles. The van der Waals surface area contributed by atoms with E-state index in [1.54, 1.807) is 0 Å². The topological polar surface area (TPSA) is 3.24 Å². The van der Waals surface area contributed by atoms with Gasteiger partial charge in [0.2, 0.25) is 0 Å². The highest BCUT2D eigenvalue weighted by molar-refractivity contribution is 8.68. The first-order valence-corrected chi connectivity index (χ1v) is 15.1. The molecule has 39 heavy (non-hydrogen) atoms. The Morgan fingerprint density at radius 3 is 1.62 bits per heavy atom. The summed E-state index contributed by atoms with van der Waals surface area (Å²) < 4.78 is 2.35. The number of fused-ring (bicyclic) bond motifs is 7. The van der Waals surface area contributed by atoms with Crippen LogP contribution >= 0.6 is 23.3 Å². The lowest BCUT2D eigenvalue weighted by Gasteiger charge is -2.17. The van der Waals surface area contributed by atoms with Crippen LogP contribution < -0.4 is 5.46 Å².